The quantitative estimate of drug-likeness (QED) is 0.659. The van der Waals surface area contributed by atoms with Crippen molar-refractivity contribution in [2.75, 3.05) is 6.61 Å². The molecule has 0 aliphatic heterocycles. The number of para-hydroxylation sites is 1. The van der Waals surface area contributed by atoms with E-state index in [2.05, 4.69) is 6.07 Å². The van der Waals surface area contributed by atoms with E-state index < -0.39 is 0 Å². The van der Waals surface area contributed by atoms with Crippen LogP contribution in [0.2, 0.25) is 0 Å². The van der Waals surface area contributed by atoms with Crippen molar-refractivity contribution in [1.82, 2.24) is 0 Å². The lowest BCUT2D eigenvalue weighted by atomic mass is 10.2. The van der Waals surface area contributed by atoms with E-state index in [1.54, 1.807) is 0 Å². The summed E-state index contributed by atoms with van der Waals surface area (Å²) in [4.78, 5) is 0. The van der Waals surface area contributed by atoms with Crippen LogP contribution in [0, 0.1) is 18.3 Å². The van der Waals surface area contributed by atoms with Crippen LogP contribution in [0.4, 0.5) is 0 Å². The normalized spacial score (nSPS) is 9.23. The maximum absolute atomic E-state index is 8.31. The Morgan fingerprint density at radius 2 is 2.15 bits per heavy atom. The molecule has 0 bridgehead atoms. The van der Waals surface area contributed by atoms with E-state index >= 15 is 0 Å². The number of rotatable bonds is 4. The molecule has 0 saturated heterocycles. The van der Waals surface area contributed by atoms with Gasteiger partial charge in [0.2, 0.25) is 0 Å². The van der Waals surface area contributed by atoms with Crippen LogP contribution in [-0.2, 0) is 0 Å². The Hall–Kier alpha value is -1.49. The first-order valence-electron chi connectivity index (χ1n) is 4.40. The number of ether oxygens (including phenoxy) is 1. The van der Waals surface area contributed by atoms with Gasteiger partial charge in [0, 0.05) is 6.42 Å². The Bertz CT molecular complexity index is 301. The number of hydrogen-bond donors (Lipinski definition) is 0. The zero-order valence-electron chi connectivity index (χ0n) is 7.79. The third kappa shape index (κ3) is 3.16. The minimum atomic E-state index is 0.561. The Labute approximate surface area is 78.8 Å². The summed E-state index contributed by atoms with van der Waals surface area (Å²) in [6, 6.07) is 9.98. The molecular weight excluding hydrogens is 162 g/mol. The summed E-state index contributed by atoms with van der Waals surface area (Å²) in [5, 5.41) is 8.31. The van der Waals surface area contributed by atoms with Crippen LogP contribution in [0.25, 0.3) is 0 Å². The molecule has 0 radical (unpaired) electrons. The number of hydrogen-bond acceptors (Lipinski definition) is 2. The fraction of sp³-hybridized carbons (Fsp3) is 0.364. The molecule has 13 heavy (non-hydrogen) atoms. The maximum Gasteiger partial charge on any atom is 0.122 e. The second kappa shape index (κ2) is 5.21. The first-order chi connectivity index (χ1) is 6.34. The second-order valence-corrected chi connectivity index (χ2v) is 2.88. The zero-order valence-corrected chi connectivity index (χ0v) is 7.79. The van der Waals surface area contributed by atoms with Crippen molar-refractivity contribution in [3.05, 3.63) is 29.8 Å². The summed E-state index contributed by atoms with van der Waals surface area (Å²) < 4.78 is 5.49. The molecule has 0 heterocycles. The van der Waals surface area contributed by atoms with E-state index in [1.807, 2.05) is 31.2 Å². The Morgan fingerprint density at radius 1 is 1.38 bits per heavy atom. The molecule has 0 aromatic heterocycles. The minimum absolute atomic E-state index is 0.561. The Morgan fingerprint density at radius 3 is 2.85 bits per heavy atom. The first kappa shape index (κ1) is 9.60. The van der Waals surface area contributed by atoms with Crippen LogP contribution < -0.4 is 4.74 Å². The predicted molar refractivity (Wildman–Crippen MR) is 51.5 cm³/mol. The molecule has 0 aliphatic rings. The molecule has 0 aliphatic carbocycles. The SMILES string of the molecule is Cc1ccccc1OCCCC#N. The van der Waals surface area contributed by atoms with E-state index in [-0.39, 0.29) is 0 Å². The summed E-state index contributed by atoms with van der Waals surface area (Å²) in [5.74, 6) is 0.917. The molecular formula is C11H13NO. The molecule has 0 amide bonds. The summed E-state index contributed by atoms with van der Waals surface area (Å²) in [6.45, 7) is 2.64. The molecule has 0 spiro atoms. The maximum atomic E-state index is 8.31. The first-order valence-corrected chi connectivity index (χ1v) is 4.40. The highest BCUT2D eigenvalue weighted by Gasteiger charge is 1.96. The van der Waals surface area contributed by atoms with E-state index in [0.29, 0.717) is 13.0 Å². The minimum Gasteiger partial charge on any atom is -0.493 e. The standard InChI is InChI=1S/C11H13NO/c1-10-6-2-3-7-11(10)13-9-5-4-8-12/h2-3,6-7H,4-5,9H2,1H3. The third-order valence-electron chi connectivity index (χ3n) is 1.78. The van der Waals surface area contributed by atoms with Crippen molar-refractivity contribution in [1.29, 1.82) is 5.26 Å². The van der Waals surface area contributed by atoms with Crippen LogP contribution >= 0.6 is 0 Å². The molecule has 1 aromatic carbocycles. The fourth-order valence-corrected chi connectivity index (χ4v) is 1.05. The number of nitriles is 1. The highest BCUT2D eigenvalue weighted by molar-refractivity contribution is 5.31. The summed E-state index contributed by atoms with van der Waals surface area (Å²) in [7, 11) is 0. The van der Waals surface area contributed by atoms with Gasteiger partial charge in [-0.05, 0) is 25.0 Å². The van der Waals surface area contributed by atoms with Crippen LogP contribution in [0.3, 0.4) is 0 Å². The lowest BCUT2D eigenvalue weighted by Gasteiger charge is -2.06. The van der Waals surface area contributed by atoms with E-state index in [1.165, 1.54) is 0 Å². The monoisotopic (exact) mass is 175 g/mol. The van der Waals surface area contributed by atoms with Gasteiger partial charge in [-0.3, -0.25) is 0 Å². The van der Waals surface area contributed by atoms with Crippen LogP contribution in [0.1, 0.15) is 18.4 Å². The molecule has 1 rings (SSSR count). The van der Waals surface area contributed by atoms with Crippen molar-refractivity contribution in [3.8, 4) is 11.8 Å². The number of nitrogens with zero attached hydrogens (tertiary/aromatic N) is 1. The second-order valence-electron chi connectivity index (χ2n) is 2.88. The van der Waals surface area contributed by atoms with Gasteiger partial charge in [0.15, 0.2) is 0 Å². The fourth-order valence-electron chi connectivity index (χ4n) is 1.05. The highest BCUT2D eigenvalue weighted by atomic mass is 16.5. The predicted octanol–water partition coefficient (Wildman–Crippen LogP) is 2.68. The molecule has 68 valence electrons. The van der Waals surface area contributed by atoms with Crippen LogP contribution in [-0.4, -0.2) is 6.61 Å². The molecule has 0 fully saturated rings. The molecule has 2 heteroatoms. The highest BCUT2D eigenvalue weighted by Crippen LogP contribution is 2.16. The van der Waals surface area contributed by atoms with Crippen molar-refractivity contribution >= 4 is 0 Å². The Balaban J connectivity index is 2.37. The van der Waals surface area contributed by atoms with Gasteiger partial charge >= 0.3 is 0 Å². The van der Waals surface area contributed by atoms with Crippen molar-refractivity contribution in [2.45, 2.75) is 19.8 Å². The molecule has 2 nitrogen and oxygen atoms in total. The summed E-state index contributed by atoms with van der Waals surface area (Å²) in [6.07, 6.45) is 1.36. The van der Waals surface area contributed by atoms with Crippen LogP contribution in [0.5, 0.6) is 5.75 Å². The van der Waals surface area contributed by atoms with E-state index in [9.17, 15) is 0 Å². The van der Waals surface area contributed by atoms with Crippen molar-refractivity contribution < 1.29 is 4.74 Å². The molecule has 1 aromatic rings. The number of aryl methyl sites for hydroxylation is 1. The van der Waals surface area contributed by atoms with Crippen LogP contribution in [0.15, 0.2) is 24.3 Å². The molecule has 0 unspecified atom stereocenters. The average Bonchev–Trinajstić information content (AvgIpc) is 2.15. The molecule has 0 saturated carbocycles. The van der Waals surface area contributed by atoms with Gasteiger partial charge in [-0.15, -0.1) is 0 Å². The Kier molecular flexibility index (Phi) is 3.84. The van der Waals surface area contributed by atoms with Gasteiger partial charge in [0.05, 0.1) is 12.7 Å². The third-order valence-corrected chi connectivity index (χ3v) is 1.78. The zero-order chi connectivity index (χ0) is 9.52. The average molecular weight is 175 g/mol. The largest absolute Gasteiger partial charge is 0.493 e. The van der Waals surface area contributed by atoms with Gasteiger partial charge < -0.3 is 4.74 Å². The number of benzene rings is 1. The van der Waals surface area contributed by atoms with Crippen molar-refractivity contribution in [3.63, 3.8) is 0 Å². The molecule has 0 atom stereocenters. The van der Waals surface area contributed by atoms with Gasteiger partial charge in [-0.1, -0.05) is 18.2 Å². The van der Waals surface area contributed by atoms with Gasteiger partial charge in [-0.25, -0.2) is 0 Å². The summed E-state index contributed by atoms with van der Waals surface area (Å²) >= 11 is 0. The lowest BCUT2D eigenvalue weighted by molar-refractivity contribution is 0.310. The topological polar surface area (TPSA) is 33.0 Å². The van der Waals surface area contributed by atoms with E-state index in [0.717, 1.165) is 17.7 Å². The summed E-state index contributed by atoms with van der Waals surface area (Å²) in [5.41, 5.74) is 1.14. The number of unbranched alkanes of at least 4 members (excludes halogenated alkanes) is 1. The van der Waals surface area contributed by atoms with Gasteiger partial charge in [0.25, 0.3) is 0 Å². The smallest absolute Gasteiger partial charge is 0.122 e. The van der Waals surface area contributed by atoms with E-state index in [4.69, 9.17) is 10.00 Å². The van der Waals surface area contributed by atoms with Crippen molar-refractivity contribution in [2.24, 2.45) is 0 Å². The lowest BCUT2D eigenvalue weighted by Crippen LogP contribution is -1.97. The van der Waals surface area contributed by atoms with Gasteiger partial charge in [-0.2, -0.15) is 5.26 Å². The molecule has 0 N–H and O–H groups in total. The van der Waals surface area contributed by atoms with Gasteiger partial charge in [0.1, 0.15) is 5.75 Å².